The lowest BCUT2D eigenvalue weighted by Gasteiger charge is -2.19. The highest BCUT2D eigenvalue weighted by Crippen LogP contribution is 2.08. The van der Waals surface area contributed by atoms with Gasteiger partial charge >= 0.3 is 0 Å². The van der Waals surface area contributed by atoms with Gasteiger partial charge < -0.3 is 37.0 Å². The van der Waals surface area contributed by atoms with Crippen LogP contribution in [0.25, 0.3) is 0 Å². The number of carbonyl (C=O) groups excluding carboxylic acids is 1. The lowest BCUT2D eigenvalue weighted by Crippen LogP contribution is -2.41. The zero-order valence-electron chi connectivity index (χ0n) is 10.8. The van der Waals surface area contributed by atoms with Gasteiger partial charge in [0.25, 0.3) is 5.91 Å². The van der Waals surface area contributed by atoms with E-state index in [1.54, 1.807) is 24.3 Å². The highest BCUT2D eigenvalue weighted by Gasteiger charge is 2.22. The summed E-state index contributed by atoms with van der Waals surface area (Å²) in [5, 5.41) is 42.6. The molecule has 20 heavy (non-hydrogen) atoms. The molecule has 0 aliphatic carbocycles. The first-order chi connectivity index (χ1) is 9.34. The van der Waals surface area contributed by atoms with Crippen LogP contribution in [0.5, 0.6) is 0 Å². The standard InChI is InChI=1S/C7H8N2O.C5H12O5/c8-6-4-2-1-3-5(6)7(9)10;6-1-3(8)5(10)4(9)2-7/h1-4H,8H2,(H2,9,10);3-10H,1-2H2. The lowest BCUT2D eigenvalue weighted by molar-refractivity contribution is -0.0900. The maximum Gasteiger partial charge on any atom is 0.250 e. The van der Waals surface area contributed by atoms with Gasteiger partial charge in [-0.2, -0.15) is 0 Å². The number of benzene rings is 1. The third kappa shape index (κ3) is 5.95. The SMILES string of the molecule is NC(=O)c1ccccc1N.OCC(O)C(O)C(O)CO. The van der Waals surface area contributed by atoms with Crippen molar-refractivity contribution in [3.63, 3.8) is 0 Å². The maximum absolute atomic E-state index is 10.6. The van der Waals surface area contributed by atoms with Gasteiger partial charge in [0, 0.05) is 5.69 Å². The highest BCUT2D eigenvalue weighted by atomic mass is 16.4. The molecule has 2 unspecified atom stereocenters. The normalized spacial score (nSPS) is 14.7. The van der Waals surface area contributed by atoms with E-state index in [1.165, 1.54) is 0 Å². The molecule has 0 saturated carbocycles. The van der Waals surface area contributed by atoms with Crippen LogP contribution in [-0.2, 0) is 0 Å². The first-order valence-corrected chi connectivity index (χ1v) is 5.75. The third-order valence-electron chi connectivity index (χ3n) is 2.39. The van der Waals surface area contributed by atoms with Gasteiger partial charge in [0.1, 0.15) is 18.3 Å². The summed E-state index contributed by atoms with van der Waals surface area (Å²) in [6, 6.07) is 6.70. The molecule has 0 spiro atoms. The van der Waals surface area contributed by atoms with E-state index in [2.05, 4.69) is 0 Å². The minimum atomic E-state index is -1.49. The monoisotopic (exact) mass is 288 g/mol. The minimum absolute atomic E-state index is 0.377. The minimum Gasteiger partial charge on any atom is -0.398 e. The number of nitrogens with two attached hydrogens (primary N) is 2. The van der Waals surface area contributed by atoms with Crippen molar-refractivity contribution >= 4 is 11.6 Å². The number of amides is 1. The Morgan fingerprint density at radius 3 is 1.80 bits per heavy atom. The van der Waals surface area contributed by atoms with Crippen LogP contribution in [0.4, 0.5) is 5.69 Å². The summed E-state index contributed by atoms with van der Waals surface area (Å²) in [6.07, 6.45) is -4.29. The number of hydrogen-bond acceptors (Lipinski definition) is 7. The number of carbonyl (C=O) groups is 1. The molecule has 8 nitrogen and oxygen atoms in total. The average Bonchev–Trinajstić information content (AvgIpc) is 2.45. The predicted octanol–water partition coefficient (Wildman–Crippen LogP) is -2.58. The van der Waals surface area contributed by atoms with Gasteiger partial charge in [-0.1, -0.05) is 12.1 Å². The van der Waals surface area contributed by atoms with E-state index in [0.717, 1.165) is 0 Å². The third-order valence-corrected chi connectivity index (χ3v) is 2.39. The second-order valence-electron chi connectivity index (χ2n) is 3.94. The fourth-order valence-corrected chi connectivity index (χ4v) is 1.19. The molecule has 2 atom stereocenters. The first kappa shape index (κ1) is 18.3. The zero-order valence-corrected chi connectivity index (χ0v) is 10.8. The number of anilines is 1. The van der Waals surface area contributed by atoms with Crippen LogP contribution in [0, 0.1) is 0 Å². The molecule has 1 amide bonds. The van der Waals surface area contributed by atoms with Crippen LogP contribution in [0.2, 0.25) is 0 Å². The van der Waals surface area contributed by atoms with Crippen LogP contribution >= 0.6 is 0 Å². The van der Waals surface area contributed by atoms with Crippen molar-refractivity contribution < 1.29 is 30.3 Å². The van der Waals surface area contributed by atoms with Crippen LogP contribution in [0.1, 0.15) is 10.4 Å². The van der Waals surface area contributed by atoms with Crippen molar-refractivity contribution in [3.8, 4) is 0 Å². The number of hydrogen-bond donors (Lipinski definition) is 7. The van der Waals surface area contributed by atoms with E-state index < -0.39 is 37.4 Å². The van der Waals surface area contributed by atoms with E-state index in [-0.39, 0.29) is 0 Å². The number of primary amides is 1. The van der Waals surface area contributed by atoms with Crippen molar-refractivity contribution in [1.29, 1.82) is 0 Å². The van der Waals surface area contributed by atoms with Crippen molar-refractivity contribution in [1.82, 2.24) is 0 Å². The Labute approximate surface area is 115 Å². The Balaban J connectivity index is 0.000000361. The molecule has 0 aromatic heterocycles. The molecule has 0 fully saturated rings. The molecule has 0 heterocycles. The van der Waals surface area contributed by atoms with E-state index in [1.807, 2.05) is 0 Å². The van der Waals surface area contributed by atoms with Crippen molar-refractivity contribution in [2.24, 2.45) is 5.73 Å². The van der Waals surface area contributed by atoms with Gasteiger partial charge in [-0.25, -0.2) is 0 Å². The summed E-state index contributed by atoms with van der Waals surface area (Å²) in [6.45, 7) is -1.28. The Morgan fingerprint density at radius 1 is 1.05 bits per heavy atom. The van der Waals surface area contributed by atoms with Crippen molar-refractivity contribution in [3.05, 3.63) is 29.8 Å². The molecule has 0 bridgehead atoms. The average molecular weight is 288 g/mol. The number of rotatable bonds is 5. The lowest BCUT2D eigenvalue weighted by atomic mass is 10.1. The first-order valence-electron chi connectivity index (χ1n) is 5.75. The number of aliphatic hydroxyl groups is 5. The Bertz CT molecular complexity index is 405. The predicted molar refractivity (Wildman–Crippen MR) is 71.6 cm³/mol. The van der Waals surface area contributed by atoms with Gasteiger partial charge in [0.2, 0.25) is 0 Å². The van der Waals surface area contributed by atoms with Gasteiger partial charge in [0.05, 0.1) is 18.8 Å². The second-order valence-corrected chi connectivity index (χ2v) is 3.94. The van der Waals surface area contributed by atoms with Crippen molar-refractivity contribution in [2.45, 2.75) is 18.3 Å². The molecular formula is C12H20N2O6. The Morgan fingerprint density at radius 2 is 1.50 bits per heavy atom. The van der Waals surface area contributed by atoms with E-state index >= 15 is 0 Å². The van der Waals surface area contributed by atoms with Crippen LogP contribution in [0.15, 0.2) is 24.3 Å². The number of nitrogen functional groups attached to an aromatic ring is 1. The van der Waals surface area contributed by atoms with Crippen LogP contribution < -0.4 is 11.5 Å². The maximum atomic E-state index is 10.6. The van der Waals surface area contributed by atoms with Crippen LogP contribution in [-0.4, -0.2) is 63.0 Å². The molecule has 1 rings (SSSR count). The fraction of sp³-hybridized carbons (Fsp3) is 0.417. The summed E-state index contributed by atoms with van der Waals surface area (Å²) in [5.74, 6) is -0.488. The van der Waals surface area contributed by atoms with Gasteiger partial charge in [-0.15, -0.1) is 0 Å². The number of para-hydroxylation sites is 1. The molecule has 0 saturated heterocycles. The fourth-order valence-electron chi connectivity index (χ4n) is 1.19. The molecule has 0 aliphatic rings. The van der Waals surface area contributed by atoms with E-state index in [0.29, 0.717) is 11.3 Å². The molecule has 1 aromatic rings. The second kappa shape index (κ2) is 9.23. The highest BCUT2D eigenvalue weighted by molar-refractivity contribution is 5.97. The molecular weight excluding hydrogens is 268 g/mol. The van der Waals surface area contributed by atoms with E-state index in [9.17, 15) is 4.79 Å². The topological polar surface area (TPSA) is 170 Å². The van der Waals surface area contributed by atoms with E-state index in [4.69, 9.17) is 37.0 Å². The summed E-state index contributed by atoms with van der Waals surface area (Å²) >= 11 is 0. The Kier molecular flexibility index (Phi) is 8.45. The number of aliphatic hydroxyl groups excluding tert-OH is 5. The molecule has 9 N–H and O–H groups in total. The summed E-state index contributed by atoms with van der Waals surface area (Å²) < 4.78 is 0. The Hall–Kier alpha value is -1.71. The quantitative estimate of drug-likeness (QED) is 0.292. The molecule has 8 heteroatoms. The summed E-state index contributed by atoms with van der Waals surface area (Å²) in [5.41, 5.74) is 11.2. The molecule has 0 aliphatic heterocycles. The largest absolute Gasteiger partial charge is 0.398 e. The summed E-state index contributed by atoms with van der Waals surface area (Å²) in [4.78, 5) is 10.6. The summed E-state index contributed by atoms with van der Waals surface area (Å²) in [7, 11) is 0. The smallest absolute Gasteiger partial charge is 0.250 e. The molecule has 0 radical (unpaired) electrons. The van der Waals surface area contributed by atoms with Gasteiger partial charge in [-0.05, 0) is 12.1 Å². The van der Waals surface area contributed by atoms with Gasteiger partial charge in [-0.3, -0.25) is 4.79 Å². The van der Waals surface area contributed by atoms with Crippen LogP contribution in [0.3, 0.4) is 0 Å². The molecule has 114 valence electrons. The molecule has 1 aromatic carbocycles. The van der Waals surface area contributed by atoms with Gasteiger partial charge in [0.15, 0.2) is 0 Å². The van der Waals surface area contributed by atoms with Crippen molar-refractivity contribution in [2.75, 3.05) is 18.9 Å². The zero-order chi connectivity index (χ0) is 15.7.